The number of aryl methyl sites for hydroxylation is 1. The average molecular weight is 323 g/mol. The number of halogens is 3. The maximum atomic E-state index is 13.6. The zero-order valence-corrected chi connectivity index (χ0v) is 12.3. The summed E-state index contributed by atoms with van der Waals surface area (Å²) in [7, 11) is 0. The first-order chi connectivity index (χ1) is 10.9. The van der Waals surface area contributed by atoms with Crippen LogP contribution in [0.5, 0.6) is 0 Å². The standard InChI is InChI=1S/C17H16F3NO2/c18-17(19,20)16(15(22)23,14-8-2-1-3-9-14)10-4-6-13-7-5-11-21-12-13/h1-3,5,7-9,11-12H,4,6,10H2,(H,22,23). The molecule has 0 aliphatic heterocycles. The van der Waals surface area contributed by atoms with Crippen LogP contribution in [0.3, 0.4) is 0 Å². The summed E-state index contributed by atoms with van der Waals surface area (Å²) in [6.07, 6.45) is -1.83. The van der Waals surface area contributed by atoms with Crippen molar-refractivity contribution in [3.05, 3.63) is 66.0 Å². The maximum absolute atomic E-state index is 13.6. The summed E-state index contributed by atoms with van der Waals surface area (Å²) in [5.41, 5.74) is -2.36. The number of hydrogen-bond donors (Lipinski definition) is 1. The second kappa shape index (κ2) is 6.81. The topological polar surface area (TPSA) is 50.2 Å². The molecule has 23 heavy (non-hydrogen) atoms. The van der Waals surface area contributed by atoms with Gasteiger partial charge in [0.15, 0.2) is 5.41 Å². The second-order valence-corrected chi connectivity index (χ2v) is 5.29. The molecule has 0 amide bonds. The molecule has 0 bridgehead atoms. The summed E-state index contributed by atoms with van der Waals surface area (Å²) in [6.45, 7) is 0. The first-order valence-electron chi connectivity index (χ1n) is 7.12. The lowest BCUT2D eigenvalue weighted by Crippen LogP contribution is -2.49. The molecule has 0 aliphatic carbocycles. The molecule has 0 saturated carbocycles. The van der Waals surface area contributed by atoms with Gasteiger partial charge in [0.1, 0.15) is 0 Å². The zero-order chi connectivity index (χ0) is 16.9. The lowest BCUT2D eigenvalue weighted by Gasteiger charge is -2.32. The van der Waals surface area contributed by atoms with Gasteiger partial charge in [-0.1, -0.05) is 36.4 Å². The van der Waals surface area contributed by atoms with Crippen molar-refractivity contribution in [1.82, 2.24) is 4.98 Å². The Morgan fingerprint density at radius 2 is 1.78 bits per heavy atom. The van der Waals surface area contributed by atoms with E-state index in [2.05, 4.69) is 4.98 Å². The van der Waals surface area contributed by atoms with Crippen LogP contribution in [0.2, 0.25) is 0 Å². The molecule has 1 atom stereocenters. The number of rotatable bonds is 6. The smallest absolute Gasteiger partial charge is 0.408 e. The van der Waals surface area contributed by atoms with Crippen LogP contribution < -0.4 is 0 Å². The predicted molar refractivity (Wildman–Crippen MR) is 79.0 cm³/mol. The summed E-state index contributed by atoms with van der Waals surface area (Å²) in [5.74, 6) is -1.87. The molecule has 0 spiro atoms. The van der Waals surface area contributed by atoms with Crippen LogP contribution in [-0.2, 0) is 16.6 Å². The van der Waals surface area contributed by atoms with Gasteiger partial charge < -0.3 is 5.11 Å². The third-order valence-corrected chi connectivity index (χ3v) is 3.86. The fourth-order valence-electron chi connectivity index (χ4n) is 2.63. The normalized spacial score (nSPS) is 14.2. The quantitative estimate of drug-likeness (QED) is 0.874. The van der Waals surface area contributed by atoms with Crippen molar-refractivity contribution >= 4 is 5.97 Å². The molecule has 1 N–H and O–H groups in total. The van der Waals surface area contributed by atoms with Crippen LogP contribution in [0.1, 0.15) is 24.0 Å². The van der Waals surface area contributed by atoms with Crippen LogP contribution in [0.4, 0.5) is 13.2 Å². The van der Waals surface area contributed by atoms with Crippen molar-refractivity contribution in [1.29, 1.82) is 0 Å². The van der Waals surface area contributed by atoms with Gasteiger partial charge in [-0.05, 0) is 36.5 Å². The Hall–Kier alpha value is -2.37. The molecule has 0 saturated heterocycles. The molecule has 1 unspecified atom stereocenters. The summed E-state index contributed by atoms with van der Waals surface area (Å²) in [4.78, 5) is 15.5. The first-order valence-corrected chi connectivity index (χ1v) is 7.12. The minimum atomic E-state index is -4.88. The van der Waals surface area contributed by atoms with E-state index in [9.17, 15) is 23.1 Å². The van der Waals surface area contributed by atoms with Crippen LogP contribution >= 0.6 is 0 Å². The van der Waals surface area contributed by atoms with E-state index in [1.165, 1.54) is 24.3 Å². The molecule has 1 aromatic carbocycles. The van der Waals surface area contributed by atoms with E-state index in [1.807, 2.05) is 0 Å². The van der Waals surface area contributed by atoms with Crippen LogP contribution in [0.15, 0.2) is 54.9 Å². The number of alkyl halides is 3. The molecule has 6 heteroatoms. The van der Waals surface area contributed by atoms with Crippen LogP contribution in [-0.4, -0.2) is 22.2 Å². The van der Waals surface area contributed by atoms with E-state index >= 15 is 0 Å². The number of aliphatic carboxylic acids is 1. The van der Waals surface area contributed by atoms with Crippen molar-refractivity contribution in [2.45, 2.75) is 30.9 Å². The largest absolute Gasteiger partial charge is 0.480 e. The van der Waals surface area contributed by atoms with Crippen molar-refractivity contribution in [3.8, 4) is 0 Å². The summed E-state index contributed by atoms with van der Waals surface area (Å²) < 4.78 is 40.9. The molecule has 3 nitrogen and oxygen atoms in total. The number of benzene rings is 1. The lowest BCUT2D eigenvalue weighted by atomic mass is 9.75. The third-order valence-electron chi connectivity index (χ3n) is 3.86. The molecule has 2 aromatic rings. The van der Waals surface area contributed by atoms with Crippen molar-refractivity contribution < 1.29 is 23.1 Å². The maximum Gasteiger partial charge on any atom is 0.408 e. The minimum Gasteiger partial charge on any atom is -0.480 e. The Bertz CT molecular complexity index is 644. The molecule has 0 fully saturated rings. The molecule has 122 valence electrons. The Morgan fingerprint density at radius 1 is 1.09 bits per heavy atom. The molecular formula is C17H16F3NO2. The summed E-state index contributed by atoms with van der Waals surface area (Å²) >= 11 is 0. The van der Waals surface area contributed by atoms with Gasteiger partial charge in [-0.3, -0.25) is 9.78 Å². The monoisotopic (exact) mass is 323 g/mol. The highest BCUT2D eigenvalue weighted by atomic mass is 19.4. The predicted octanol–water partition coefficient (Wildman–Crippen LogP) is 3.99. The SMILES string of the molecule is O=C(O)C(CCCc1cccnc1)(c1ccccc1)C(F)(F)F. The number of aromatic nitrogens is 1. The van der Waals surface area contributed by atoms with E-state index < -0.39 is 24.0 Å². The van der Waals surface area contributed by atoms with Crippen LogP contribution in [0, 0.1) is 0 Å². The number of carboxylic acids is 1. The van der Waals surface area contributed by atoms with E-state index in [-0.39, 0.29) is 12.0 Å². The Balaban J connectivity index is 2.29. The summed E-state index contributed by atoms with van der Waals surface area (Å²) in [6, 6.07) is 10.3. The average Bonchev–Trinajstić information content (AvgIpc) is 2.52. The molecule has 1 aromatic heterocycles. The van der Waals surface area contributed by atoms with Crippen molar-refractivity contribution in [3.63, 3.8) is 0 Å². The van der Waals surface area contributed by atoms with Gasteiger partial charge in [-0.2, -0.15) is 13.2 Å². The molecule has 0 aliphatic rings. The number of hydrogen-bond acceptors (Lipinski definition) is 2. The highest BCUT2D eigenvalue weighted by Crippen LogP contribution is 2.45. The highest BCUT2D eigenvalue weighted by molar-refractivity contribution is 5.82. The first kappa shape index (κ1) is 17.0. The minimum absolute atomic E-state index is 0.0897. The van der Waals surface area contributed by atoms with Gasteiger partial charge in [0.25, 0.3) is 0 Å². The fourth-order valence-corrected chi connectivity index (χ4v) is 2.63. The Labute approximate surface area is 131 Å². The van der Waals surface area contributed by atoms with Gasteiger partial charge in [0, 0.05) is 12.4 Å². The molecule has 2 rings (SSSR count). The fraction of sp³-hybridized carbons (Fsp3) is 0.294. The Kier molecular flexibility index (Phi) is 5.03. The Morgan fingerprint density at radius 3 is 2.30 bits per heavy atom. The van der Waals surface area contributed by atoms with Crippen molar-refractivity contribution in [2.24, 2.45) is 0 Å². The third kappa shape index (κ3) is 3.52. The van der Waals surface area contributed by atoms with Crippen molar-refractivity contribution in [2.75, 3.05) is 0 Å². The molecular weight excluding hydrogens is 307 g/mol. The van der Waals surface area contributed by atoms with E-state index in [0.29, 0.717) is 6.42 Å². The number of nitrogens with zero attached hydrogens (tertiary/aromatic N) is 1. The lowest BCUT2D eigenvalue weighted by molar-refractivity contribution is -0.207. The molecule has 0 radical (unpaired) electrons. The van der Waals surface area contributed by atoms with Gasteiger partial charge in [-0.15, -0.1) is 0 Å². The summed E-state index contributed by atoms with van der Waals surface area (Å²) in [5, 5.41) is 9.38. The zero-order valence-electron chi connectivity index (χ0n) is 12.3. The van der Waals surface area contributed by atoms with Gasteiger partial charge >= 0.3 is 12.1 Å². The number of carbonyl (C=O) groups is 1. The number of carboxylic acid groups (broad SMARTS) is 1. The van der Waals surface area contributed by atoms with E-state index in [4.69, 9.17) is 0 Å². The number of pyridine rings is 1. The highest BCUT2D eigenvalue weighted by Gasteiger charge is 2.61. The van der Waals surface area contributed by atoms with E-state index in [1.54, 1.807) is 30.6 Å². The molecule has 1 heterocycles. The van der Waals surface area contributed by atoms with Gasteiger partial charge in [-0.25, -0.2) is 0 Å². The second-order valence-electron chi connectivity index (χ2n) is 5.29. The van der Waals surface area contributed by atoms with Crippen LogP contribution in [0.25, 0.3) is 0 Å². The van der Waals surface area contributed by atoms with Gasteiger partial charge in [0.2, 0.25) is 0 Å². The van der Waals surface area contributed by atoms with E-state index in [0.717, 1.165) is 5.56 Å². The van der Waals surface area contributed by atoms with Gasteiger partial charge in [0.05, 0.1) is 0 Å².